The Morgan fingerprint density at radius 3 is 2.59 bits per heavy atom. The van der Waals surface area contributed by atoms with Crippen LogP contribution in [-0.2, 0) is 32.0 Å². The third-order valence-electron chi connectivity index (χ3n) is 6.02. The van der Waals surface area contributed by atoms with Gasteiger partial charge in [0.05, 0.1) is 20.1 Å². The van der Waals surface area contributed by atoms with E-state index >= 15 is 0 Å². The first-order chi connectivity index (χ1) is 16.4. The molecule has 34 heavy (non-hydrogen) atoms. The van der Waals surface area contributed by atoms with Crippen molar-refractivity contribution in [2.45, 2.75) is 33.1 Å². The minimum atomic E-state index is -0.574. The lowest BCUT2D eigenvalue weighted by atomic mass is 10.1. The highest BCUT2D eigenvalue weighted by molar-refractivity contribution is 5.95. The normalized spacial score (nSPS) is 15.2. The number of carbonyl (C=O) groups is 3. The molecular weight excluding hydrogens is 436 g/mol. The number of likely N-dealkylation sites (tertiary alicyclic amines) is 1. The number of para-hydroxylation sites is 1. The second kappa shape index (κ2) is 11.5. The SMILES string of the molecule is CCc1cccc(C)c1NC(=O)COC(=O)[C@@H]1CC(=O)N(CCc2ccc(OC)c(OC)c2)C1. The number of amides is 2. The average Bonchev–Trinajstić information content (AvgIpc) is 3.22. The molecule has 1 heterocycles. The molecule has 1 saturated heterocycles. The molecule has 0 bridgehead atoms. The number of nitrogens with one attached hydrogen (secondary N) is 1. The molecule has 1 N–H and O–H groups in total. The number of aryl methyl sites for hydroxylation is 2. The van der Waals surface area contributed by atoms with Crippen LogP contribution in [0.4, 0.5) is 5.69 Å². The zero-order chi connectivity index (χ0) is 24.7. The fraction of sp³-hybridized carbons (Fsp3) is 0.423. The largest absolute Gasteiger partial charge is 0.493 e. The van der Waals surface area contributed by atoms with Crippen LogP contribution in [0.1, 0.15) is 30.0 Å². The highest BCUT2D eigenvalue weighted by Gasteiger charge is 2.35. The Labute approximate surface area is 200 Å². The highest BCUT2D eigenvalue weighted by Crippen LogP contribution is 2.28. The molecule has 1 aliphatic heterocycles. The van der Waals surface area contributed by atoms with Gasteiger partial charge in [-0.3, -0.25) is 14.4 Å². The van der Waals surface area contributed by atoms with Crippen LogP contribution in [0.25, 0.3) is 0 Å². The molecule has 2 aromatic rings. The highest BCUT2D eigenvalue weighted by atomic mass is 16.5. The molecular formula is C26H32N2O6. The summed E-state index contributed by atoms with van der Waals surface area (Å²) < 4.78 is 15.8. The van der Waals surface area contributed by atoms with Crippen molar-refractivity contribution in [3.63, 3.8) is 0 Å². The Bertz CT molecular complexity index is 1050. The summed E-state index contributed by atoms with van der Waals surface area (Å²) in [5.74, 6) is -0.327. The molecule has 2 aromatic carbocycles. The first-order valence-electron chi connectivity index (χ1n) is 11.4. The van der Waals surface area contributed by atoms with Gasteiger partial charge in [-0.05, 0) is 48.6 Å². The van der Waals surface area contributed by atoms with Gasteiger partial charge in [0.2, 0.25) is 5.91 Å². The van der Waals surface area contributed by atoms with E-state index in [1.807, 2.05) is 50.2 Å². The van der Waals surface area contributed by atoms with Crippen molar-refractivity contribution in [1.82, 2.24) is 4.90 Å². The zero-order valence-corrected chi connectivity index (χ0v) is 20.2. The maximum Gasteiger partial charge on any atom is 0.311 e. The van der Waals surface area contributed by atoms with Gasteiger partial charge in [-0.1, -0.05) is 31.2 Å². The number of rotatable bonds is 10. The lowest BCUT2D eigenvalue weighted by molar-refractivity contribution is -0.151. The molecule has 1 aliphatic rings. The van der Waals surface area contributed by atoms with Crippen LogP contribution >= 0.6 is 0 Å². The fourth-order valence-electron chi connectivity index (χ4n) is 4.08. The molecule has 0 aliphatic carbocycles. The molecule has 182 valence electrons. The van der Waals surface area contributed by atoms with E-state index < -0.39 is 17.8 Å². The molecule has 3 rings (SSSR count). The predicted octanol–water partition coefficient (Wildman–Crippen LogP) is 3.15. The van der Waals surface area contributed by atoms with Gasteiger partial charge < -0.3 is 24.4 Å². The first-order valence-corrected chi connectivity index (χ1v) is 11.4. The summed E-state index contributed by atoms with van der Waals surface area (Å²) in [6, 6.07) is 11.4. The van der Waals surface area contributed by atoms with E-state index in [9.17, 15) is 14.4 Å². The Morgan fingerprint density at radius 1 is 1.12 bits per heavy atom. The van der Waals surface area contributed by atoms with Crippen molar-refractivity contribution in [3.8, 4) is 11.5 Å². The van der Waals surface area contributed by atoms with Gasteiger partial charge in [0.15, 0.2) is 18.1 Å². The second-order valence-corrected chi connectivity index (χ2v) is 8.30. The zero-order valence-electron chi connectivity index (χ0n) is 20.2. The number of ether oxygens (including phenoxy) is 3. The number of methoxy groups -OCH3 is 2. The van der Waals surface area contributed by atoms with Gasteiger partial charge in [0.1, 0.15) is 0 Å². The minimum Gasteiger partial charge on any atom is -0.493 e. The van der Waals surface area contributed by atoms with Crippen LogP contribution in [0.3, 0.4) is 0 Å². The molecule has 0 radical (unpaired) electrons. The number of anilines is 1. The van der Waals surface area contributed by atoms with Gasteiger partial charge in [0.25, 0.3) is 5.91 Å². The van der Waals surface area contributed by atoms with Gasteiger partial charge in [-0.15, -0.1) is 0 Å². The number of benzene rings is 2. The molecule has 2 amide bonds. The maximum absolute atomic E-state index is 12.5. The van der Waals surface area contributed by atoms with Crippen LogP contribution in [0, 0.1) is 12.8 Å². The smallest absolute Gasteiger partial charge is 0.311 e. The quantitative estimate of drug-likeness (QED) is 0.539. The lowest BCUT2D eigenvalue weighted by Crippen LogP contribution is -2.30. The van der Waals surface area contributed by atoms with E-state index in [2.05, 4.69) is 5.32 Å². The summed E-state index contributed by atoms with van der Waals surface area (Å²) in [4.78, 5) is 38.9. The predicted molar refractivity (Wildman–Crippen MR) is 128 cm³/mol. The van der Waals surface area contributed by atoms with E-state index in [0.717, 1.165) is 28.8 Å². The van der Waals surface area contributed by atoms with Crippen LogP contribution in [-0.4, -0.2) is 56.6 Å². The molecule has 1 atom stereocenters. The van der Waals surface area contributed by atoms with Gasteiger partial charge in [-0.2, -0.15) is 0 Å². The number of esters is 1. The first kappa shape index (κ1) is 25.1. The van der Waals surface area contributed by atoms with Crippen LogP contribution < -0.4 is 14.8 Å². The molecule has 8 heteroatoms. The molecule has 0 saturated carbocycles. The second-order valence-electron chi connectivity index (χ2n) is 8.30. The number of nitrogens with zero attached hydrogens (tertiary/aromatic N) is 1. The van der Waals surface area contributed by atoms with E-state index in [1.54, 1.807) is 19.1 Å². The Balaban J connectivity index is 1.49. The molecule has 0 unspecified atom stereocenters. The van der Waals surface area contributed by atoms with Gasteiger partial charge in [0, 0.05) is 25.2 Å². The van der Waals surface area contributed by atoms with E-state index in [1.165, 1.54) is 0 Å². The lowest BCUT2D eigenvalue weighted by Gasteiger charge is -2.17. The van der Waals surface area contributed by atoms with E-state index in [-0.39, 0.29) is 25.5 Å². The van der Waals surface area contributed by atoms with Crippen LogP contribution in [0.2, 0.25) is 0 Å². The van der Waals surface area contributed by atoms with Crippen LogP contribution in [0.15, 0.2) is 36.4 Å². The van der Waals surface area contributed by atoms with Crippen molar-refractivity contribution < 1.29 is 28.6 Å². The molecule has 8 nitrogen and oxygen atoms in total. The summed E-state index contributed by atoms with van der Waals surface area (Å²) in [6.45, 7) is 4.31. The fourth-order valence-corrected chi connectivity index (χ4v) is 4.08. The van der Waals surface area contributed by atoms with Crippen molar-refractivity contribution in [2.24, 2.45) is 5.92 Å². The van der Waals surface area contributed by atoms with Crippen molar-refractivity contribution in [3.05, 3.63) is 53.1 Å². The van der Waals surface area contributed by atoms with Crippen molar-refractivity contribution in [2.75, 3.05) is 39.2 Å². The summed E-state index contributed by atoms with van der Waals surface area (Å²) in [5.41, 5.74) is 3.72. The van der Waals surface area contributed by atoms with Crippen molar-refractivity contribution >= 4 is 23.5 Å². The Kier molecular flexibility index (Phi) is 8.51. The summed E-state index contributed by atoms with van der Waals surface area (Å²) in [7, 11) is 3.15. The van der Waals surface area contributed by atoms with E-state index in [0.29, 0.717) is 24.5 Å². The summed E-state index contributed by atoms with van der Waals surface area (Å²) in [5, 5.41) is 2.84. The maximum atomic E-state index is 12.5. The third kappa shape index (κ3) is 6.07. The minimum absolute atomic E-state index is 0.0875. The molecule has 0 spiro atoms. The molecule has 0 aromatic heterocycles. The van der Waals surface area contributed by atoms with E-state index in [4.69, 9.17) is 14.2 Å². The average molecular weight is 469 g/mol. The number of hydrogen-bond donors (Lipinski definition) is 1. The third-order valence-corrected chi connectivity index (χ3v) is 6.02. The molecule has 1 fully saturated rings. The topological polar surface area (TPSA) is 94.2 Å². The Morgan fingerprint density at radius 2 is 1.88 bits per heavy atom. The summed E-state index contributed by atoms with van der Waals surface area (Å²) >= 11 is 0. The number of hydrogen-bond acceptors (Lipinski definition) is 6. The van der Waals surface area contributed by atoms with Gasteiger partial charge in [-0.25, -0.2) is 0 Å². The standard InChI is InChI=1S/C26H32N2O6/c1-5-19-8-6-7-17(2)25(19)27-23(29)16-34-26(31)20-14-24(30)28(15-20)12-11-18-9-10-21(32-3)22(13-18)33-4/h6-10,13,20H,5,11-12,14-16H2,1-4H3,(H,27,29)/t20-/m1/s1. The van der Waals surface area contributed by atoms with Crippen molar-refractivity contribution in [1.29, 1.82) is 0 Å². The monoisotopic (exact) mass is 468 g/mol. The Hall–Kier alpha value is -3.55. The van der Waals surface area contributed by atoms with Gasteiger partial charge >= 0.3 is 5.97 Å². The van der Waals surface area contributed by atoms with Crippen LogP contribution in [0.5, 0.6) is 11.5 Å². The summed E-state index contributed by atoms with van der Waals surface area (Å²) in [6.07, 6.45) is 1.48. The number of carbonyl (C=O) groups excluding carboxylic acids is 3.